The van der Waals surface area contributed by atoms with Crippen molar-refractivity contribution in [2.75, 3.05) is 25.0 Å². The molecule has 1 saturated heterocycles. The predicted octanol–water partition coefficient (Wildman–Crippen LogP) is 3.05. The van der Waals surface area contributed by atoms with Crippen molar-refractivity contribution >= 4 is 17.6 Å². The molecule has 0 aliphatic carbocycles. The number of carbonyl (C=O) groups is 2. The van der Waals surface area contributed by atoms with Crippen LogP contribution in [0.3, 0.4) is 0 Å². The Morgan fingerprint density at radius 2 is 1.84 bits per heavy atom. The van der Waals surface area contributed by atoms with E-state index in [1.807, 2.05) is 6.92 Å². The summed E-state index contributed by atoms with van der Waals surface area (Å²) < 4.78 is 20.2. The summed E-state index contributed by atoms with van der Waals surface area (Å²) in [6.45, 7) is 5.27. The fourth-order valence-electron chi connectivity index (χ4n) is 3.80. The van der Waals surface area contributed by atoms with Crippen LogP contribution >= 0.6 is 0 Å². The SMILES string of the molecule is Cc1cc(NC(=O)CN2CCC(NC(=O)c3ccc(C)o3)CC2)n(-c2ccc(F)cc2)n1. The molecular formula is C23H26FN5O3. The van der Waals surface area contributed by atoms with Crippen LogP contribution in [-0.4, -0.2) is 52.2 Å². The molecule has 9 heteroatoms. The zero-order chi connectivity index (χ0) is 22.7. The second kappa shape index (κ2) is 9.35. The minimum absolute atomic E-state index is 0.0507. The number of carbonyl (C=O) groups excluding carboxylic acids is 2. The molecule has 0 atom stereocenters. The first-order chi connectivity index (χ1) is 15.4. The lowest BCUT2D eigenvalue weighted by molar-refractivity contribution is -0.117. The lowest BCUT2D eigenvalue weighted by Gasteiger charge is -2.31. The van der Waals surface area contributed by atoms with Crippen LogP contribution in [0.2, 0.25) is 0 Å². The van der Waals surface area contributed by atoms with Crippen LogP contribution in [0.4, 0.5) is 10.2 Å². The maximum Gasteiger partial charge on any atom is 0.287 e. The number of hydrogen-bond donors (Lipinski definition) is 2. The van der Waals surface area contributed by atoms with Gasteiger partial charge in [-0.25, -0.2) is 9.07 Å². The average molecular weight is 439 g/mol. The summed E-state index contributed by atoms with van der Waals surface area (Å²) in [5, 5.41) is 10.3. The lowest BCUT2D eigenvalue weighted by atomic mass is 10.0. The van der Waals surface area contributed by atoms with Gasteiger partial charge in [-0.3, -0.25) is 14.5 Å². The van der Waals surface area contributed by atoms with Crippen molar-refractivity contribution in [2.24, 2.45) is 0 Å². The monoisotopic (exact) mass is 439 g/mol. The Morgan fingerprint density at radius 1 is 1.12 bits per heavy atom. The minimum atomic E-state index is -0.331. The van der Waals surface area contributed by atoms with Crippen molar-refractivity contribution in [1.29, 1.82) is 0 Å². The van der Waals surface area contributed by atoms with Gasteiger partial charge in [0.2, 0.25) is 5.91 Å². The van der Waals surface area contributed by atoms with E-state index in [1.165, 1.54) is 12.1 Å². The number of aromatic nitrogens is 2. The summed E-state index contributed by atoms with van der Waals surface area (Å²) >= 11 is 0. The zero-order valence-corrected chi connectivity index (χ0v) is 18.1. The Kier molecular flexibility index (Phi) is 6.36. The van der Waals surface area contributed by atoms with E-state index in [0.717, 1.165) is 18.5 Å². The molecule has 1 fully saturated rings. The third-order valence-electron chi connectivity index (χ3n) is 5.42. The molecule has 4 rings (SSSR count). The van der Waals surface area contributed by atoms with E-state index in [2.05, 4.69) is 20.6 Å². The molecule has 0 spiro atoms. The molecule has 1 aliphatic heterocycles. The third-order valence-corrected chi connectivity index (χ3v) is 5.42. The summed E-state index contributed by atoms with van der Waals surface area (Å²) in [4.78, 5) is 26.9. The predicted molar refractivity (Wildman–Crippen MR) is 117 cm³/mol. The molecule has 0 radical (unpaired) electrons. The summed E-state index contributed by atoms with van der Waals surface area (Å²) in [5.74, 6) is 0.863. The Balaban J connectivity index is 1.29. The maximum absolute atomic E-state index is 13.2. The van der Waals surface area contributed by atoms with Gasteiger partial charge in [-0.15, -0.1) is 0 Å². The highest BCUT2D eigenvalue weighted by Crippen LogP contribution is 2.18. The van der Waals surface area contributed by atoms with Crippen LogP contribution < -0.4 is 10.6 Å². The van der Waals surface area contributed by atoms with Crippen LogP contribution in [0.5, 0.6) is 0 Å². The third kappa shape index (κ3) is 5.23. The first-order valence-electron chi connectivity index (χ1n) is 10.6. The molecule has 0 unspecified atom stereocenters. The summed E-state index contributed by atoms with van der Waals surface area (Å²) in [6.07, 6.45) is 1.51. The van der Waals surface area contributed by atoms with Gasteiger partial charge in [-0.05, 0) is 63.1 Å². The molecular weight excluding hydrogens is 413 g/mol. The van der Waals surface area contributed by atoms with Crippen LogP contribution in [0.1, 0.15) is 34.9 Å². The molecule has 32 heavy (non-hydrogen) atoms. The molecule has 0 bridgehead atoms. The number of benzene rings is 1. The molecule has 2 amide bonds. The fraction of sp³-hybridized carbons (Fsp3) is 0.348. The minimum Gasteiger partial charge on any atom is -0.456 e. The Hall–Kier alpha value is -3.46. The number of amides is 2. The topological polar surface area (TPSA) is 92.4 Å². The molecule has 1 aromatic carbocycles. The largest absolute Gasteiger partial charge is 0.456 e. The molecule has 0 saturated carbocycles. The number of nitrogens with one attached hydrogen (secondary N) is 2. The normalized spacial score (nSPS) is 15.0. The van der Waals surface area contributed by atoms with Crippen molar-refractivity contribution in [3.8, 4) is 5.69 Å². The van der Waals surface area contributed by atoms with Gasteiger partial charge >= 0.3 is 0 Å². The standard InChI is InChI=1S/C23H26FN5O3/c1-15-13-21(29(27-15)19-6-4-17(24)5-7-19)26-22(30)14-28-11-9-18(10-12-28)25-23(31)20-8-3-16(2)32-20/h3-8,13,18H,9-12,14H2,1-2H3,(H,25,31)(H,26,30). The molecule has 2 N–H and O–H groups in total. The number of anilines is 1. The van der Waals surface area contributed by atoms with Crippen molar-refractivity contribution in [3.05, 3.63) is 65.5 Å². The van der Waals surface area contributed by atoms with Crippen molar-refractivity contribution < 1.29 is 18.4 Å². The molecule has 1 aliphatic rings. The number of piperidine rings is 1. The van der Waals surface area contributed by atoms with Gasteiger partial charge in [0.1, 0.15) is 17.4 Å². The van der Waals surface area contributed by atoms with E-state index in [1.54, 1.807) is 41.9 Å². The Morgan fingerprint density at radius 3 is 2.50 bits per heavy atom. The van der Waals surface area contributed by atoms with Crippen LogP contribution in [0.15, 0.2) is 46.9 Å². The maximum atomic E-state index is 13.2. The van der Waals surface area contributed by atoms with E-state index in [0.29, 0.717) is 36.1 Å². The lowest BCUT2D eigenvalue weighted by Crippen LogP contribution is -2.46. The first-order valence-corrected chi connectivity index (χ1v) is 10.6. The van der Waals surface area contributed by atoms with Crippen molar-refractivity contribution in [1.82, 2.24) is 20.0 Å². The zero-order valence-electron chi connectivity index (χ0n) is 18.1. The van der Waals surface area contributed by atoms with Crippen molar-refractivity contribution in [2.45, 2.75) is 32.7 Å². The van der Waals surface area contributed by atoms with Crippen LogP contribution in [0, 0.1) is 19.7 Å². The van der Waals surface area contributed by atoms with E-state index < -0.39 is 0 Å². The Labute approximate surface area is 185 Å². The number of aryl methyl sites for hydroxylation is 2. The van der Waals surface area contributed by atoms with E-state index in [9.17, 15) is 14.0 Å². The van der Waals surface area contributed by atoms with Gasteiger partial charge < -0.3 is 15.1 Å². The smallest absolute Gasteiger partial charge is 0.287 e. The van der Waals surface area contributed by atoms with Crippen molar-refractivity contribution in [3.63, 3.8) is 0 Å². The number of nitrogens with zero attached hydrogens (tertiary/aromatic N) is 3. The second-order valence-electron chi connectivity index (χ2n) is 8.04. The van der Waals surface area contributed by atoms with Gasteiger partial charge in [-0.1, -0.05) is 0 Å². The van der Waals surface area contributed by atoms with E-state index in [4.69, 9.17) is 4.42 Å². The molecule has 168 valence electrons. The summed E-state index contributed by atoms with van der Waals surface area (Å²) in [7, 11) is 0. The number of hydrogen-bond acceptors (Lipinski definition) is 5. The quantitative estimate of drug-likeness (QED) is 0.616. The highest BCUT2D eigenvalue weighted by atomic mass is 19.1. The fourth-order valence-corrected chi connectivity index (χ4v) is 3.80. The van der Waals surface area contributed by atoms with Gasteiger partial charge in [-0.2, -0.15) is 5.10 Å². The molecule has 3 aromatic rings. The highest BCUT2D eigenvalue weighted by Gasteiger charge is 2.24. The summed E-state index contributed by atoms with van der Waals surface area (Å²) in [5.41, 5.74) is 1.41. The van der Waals surface area contributed by atoms with E-state index >= 15 is 0 Å². The number of likely N-dealkylation sites (tertiary alicyclic amines) is 1. The molecule has 8 nitrogen and oxygen atoms in total. The number of halogens is 1. The highest BCUT2D eigenvalue weighted by molar-refractivity contribution is 5.92. The van der Waals surface area contributed by atoms with Gasteiger partial charge in [0.15, 0.2) is 5.76 Å². The average Bonchev–Trinajstić information content (AvgIpc) is 3.35. The first kappa shape index (κ1) is 21.8. The Bertz CT molecular complexity index is 1100. The van der Waals surface area contributed by atoms with Gasteiger partial charge in [0.25, 0.3) is 5.91 Å². The molecule has 3 heterocycles. The second-order valence-corrected chi connectivity index (χ2v) is 8.04. The summed E-state index contributed by atoms with van der Waals surface area (Å²) in [6, 6.07) is 11.2. The van der Waals surface area contributed by atoms with Gasteiger partial charge in [0.05, 0.1) is 17.9 Å². The van der Waals surface area contributed by atoms with Crippen LogP contribution in [0.25, 0.3) is 5.69 Å². The van der Waals surface area contributed by atoms with Crippen LogP contribution in [-0.2, 0) is 4.79 Å². The molecule has 2 aromatic heterocycles. The number of furan rings is 1. The van der Waals surface area contributed by atoms with E-state index in [-0.39, 0.29) is 30.2 Å². The number of rotatable bonds is 6. The van der Waals surface area contributed by atoms with Gasteiger partial charge in [0, 0.05) is 25.2 Å².